The number of nitrogens with one attached hydrogen (secondary N) is 1. The van der Waals surface area contributed by atoms with Crippen molar-refractivity contribution in [3.8, 4) is 16.9 Å². The second-order valence-corrected chi connectivity index (χ2v) is 7.13. The Bertz CT molecular complexity index is 1390. The average Bonchev–Trinajstić information content (AvgIpc) is 3.23. The fraction of sp³-hybridized carbons (Fsp3) is 0.0870. The van der Waals surface area contributed by atoms with Crippen LogP contribution < -0.4 is 10.7 Å². The van der Waals surface area contributed by atoms with Crippen molar-refractivity contribution in [2.75, 3.05) is 0 Å². The maximum atomic E-state index is 10.3. The van der Waals surface area contributed by atoms with Gasteiger partial charge in [0.05, 0.1) is 45.3 Å². The number of allylic oxidation sites excluding steroid dienone is 5. The molecule has 5 nitrogen and oxygen atoms in total. The van der Waals surface area contributed by atoms with Gasteiger partial charge in [0.2, 0.25) is 0 Å². The van der Waals surface area contributed by atoms with Gasteiger partial charge in [-0.05, 0) is 61.1 Å². The normalized spacial score (nSPS) is 17.8. The van der Waals surface area contributed by atoms with Crippen LogP contribution >= 0.6 is 0 Å². The number of pyridine rings is 1. The van der Waals surface area contributed by atoms with Crippen molar-refractivity contribution in [2.45, 2.75) is 13.3 Å². The quantitative estimate of drug-likeness (QED) is 0.697. The van der Waals surface area contributed by atoms with E-state index in [4.69, 9.17) is 9.98 Å². The fourth-order valence-electron chi connectivity index (χ4n) is 3.92. The minimum Gasteiger partial charge on any atom is -0.506 e. The summed E-state index contributed by atoms with van der Waals surface area (Å²) >= 11 is 0. The van der Waals surface area contributed by atoms with Gasteiger partial charge >= 0.3 is 0 Å². The van der Waals surface area contributed by atoms with E-state index in [9.17, 15) is 5.11 Å². The van der Waals surface area contributed by atoms with Crippen LogP contribution in [0.5, 0.6) is 5.75 Å². The van der Waals surface area contributed by atoms with Gasteiger partial charge in [0.15, 0.2) is 0 Å². The van der Waals surface area contributed by atoms with E-state index in [1.807, 2.05) is 54.7 Å². The molecule has 0 amide bonds. The molecule has 1 aromatic rings. The van der Waals surface area contributed by atoms with Crippen LogP contribution in [0.1, 0.15) is 24.7 Å². The molecule has 5 heterocycles. The summed E-state index contributed by atoms with van der Waals surface area (Å²) in [6.45, 7) is 2.09. The highest BCUT2D eigenvalue weighted by molar-refractivity contribution is 6.20. The average molecular weight is 364 g/mol. The first-order valence-corrected chi connectivity index (χ1v) is 9.34. The molecule has 1 aromatic heterocycles. The minimum atomic E-state index is 0.345. The summed E-state index contributed by atoms with van der Waals surface area (Å²) in [5, 5.41) is 12.3. The lowest BCUT2D eigenvalue weighted by molar-refractivity contribution is 0.494. The van der Waals surface area contributed by atoms with Gasteiger partial charge in [-0.2, -0.15) is 0 Å². The van der Waals surface area contributed by atoms with E-state index < -0.39 is 0 Å². The number of aromatic hydroxyl groups is 1. The van der Waals surface area contributed by atoms with Crippen molar-refractivity contribution < 1.29 is 5.11 Å². The Morgan fingerprint density at radius 3 is 2.43 bits per heavy atom. The van der Waals surface area contributed by atoms with E-state index >= 15 is 0 Å². The number of nitrogens with zero attached hydrogens (tertiary/aromatic N) is 3. The second kappa shape index (κ2) is 5.39. The van der Waals surface area contributed by atoms with Gasteiger partial charge < -0.3 is 10.1 Å². The number of hydrogen-bond acceptors (Lipinski definition) is 4. The third kappa shape index (κ3) is 2.23. The molecule has 2 N–H and O–H groups in total. The molecular weight excluding hydrogens is 348 g/mol. The predicted molar refractivity (Wildman–Crippen MR) is 112 cm³/mol. The molecule has 0 saturated heterocycles. The van der Waals surface area contributed by atoms with Crippen LogP contribution in [-0.2, 0) is 0 Å². The maximum absolute atomic E-state index is 10.3. The third-order valence-corrected chi connectivity index (χ3v) is 5.30. The highest BCUT2D eigenvalue weighted by Crippen LogP contribution is 2.57. The van der Waals surface area contributed by atoms with Crippen molar-refractivity contribution in [1.82, 2.24) is 9.97 Å². The van der Waals surface area contributed by atoms with Crippen LogP contribution in [0.3, 0.4) is 0 Å². The van der Waals surface area contributed by atoms with Crippen LogP contribution in [0, 0.1) is 0 Å². The summed E-state index contributed by atoms with van der Waals surface area (Å²) in [5.41, 5.74) is 7.84. The molecule has 0 unspecified atom stereocenters. The van der Waals surface area contributed by atoms with E-state index in [1.54, 1.807) is 0 Å². The highest BCUT2D eigenvalue weighted by atomic mass is 16.3. The third-order valence-electron chi connectivity index (χ3n) is 5.30. The largest absolute Gasteiger partial charge is 0.506 e. The number of hydrogen-bond donors (Lipinski definition) is 2. The summed E-state index contributed by atoms with van der Waals surface area (Å²) in [6, 6.07) is 4.07. The topological polar surface area (TPSA) is 73.6 Å². The number of aromatic nitrogens is 2. The van der Waals surface area contributed by atoms with Crippen LogP contribution in [0.2, 0.25) is 0 Å². The lowest BCUT2D eigenvalue weighted by Gasteiger charge is -2.03. The van der Waals surface area contributed by atoms with E-state index in [0.29, 0.717) is 5.75 Å². The number of fused-ring (bicyclic) bond motifs is 9. The fourth-order valence-corrected chi connectivity index (χ4v) is 3.92. The summed E-state index contributed by atoms with van der Waals surface area (Å²) < 4.78 is 0. The number of aromatic amines is 1. The van der Waals surface area contributed by atoms with Crippen molar-refractivity contribution >= 4 is 35.2 Å². The van der Waals surface area contributed by atoms with E-state index in [-0.39, 0.29) is 0 Å². The number of rotatable bonds is 1. The molecule has 5 aliphatic rings. The maximum Gasteiger partial charge on any atom is 0.136 e. The predicted octanol–water partition coefficient (Wildman–Crippen LogP) is 2.85. The zero-order chi connectivity index (χ0) is 18.8. The van der Waals surface area contributed by atoms with Crippen LogP contribution in [0.4, 0.5) is 0 Å². The smallest absolute Gasteiger partial charge is 0.136 e. The molecule has 0 fully saturated rings. The Hall–Kier alpha value is -3.73. The zero-order valence-electron chi connectivity index (χ0n) is 15.2. The summed E-state index contributed by atoms with van der Waals surface area (Å²) in [7, 11) is 0. The van der Waals surface area contributed by atoms with Gasteiger partial charge in [-0.3, -0.25) is 0 Å². The van der Waals surface area contributed by atoms with E-state index in [2.05, 4.69) is 16.9 Å². The van der Waals surface area contributed by atoms with E-state index in [1.165, 1.54) is 0 Å². The number of H-pyrrole nitrogens is 1. The Morgan fingerprint density at radius 1 is 0.893 bits per heavy atom. The SMILES string of the molecule is CCC1=C2C=CC(=N2)C=c2ccc([nH]2)=CC2=NC(=Cc3nc1c1c(O)c3-1)C=C2. The van der Waals surface area contributed by atoms with Crippen molar-refractivity contribution in [2.24, 2.45) is 9.98 Å². The van der Waals surface area contributed by atoms with Crippen LogP contribution in [-0.4, -0.2) is 26.5 Å². The van der Waals surface area contributed by atoms with Crippen molar-refractivity contribution in [1.29, 1.82) is 0 Å². The van der Waals surface area contributed by atoms with Crippen molar-refractivity contribution in [3.63, 3.8) is 0 Å². The van der Waals surface area contributed by atoms with Gasteiger partial charge in [0.25, 0.3) is 0 Å². The first kappa shape index (κ1) is 15.3. The van der Waals surface area contributed by atoms with Gasteiger partial charge in [-0.1, -0.05) is 6.92 Å². The van der Waals surface area contributed by atoms with Gasteiger partial charge in [-0.15, -0.1) is 0 Å². The van der Waals surface area contributed by atoms with E-state index in [0.717, 1.165) is 68.0 Å². The molecule has 0 atom stereocenters. The molecule has 8 bridgehead atoms. The lowest BCUT2D eigenvalue weighted by Crippen LogP contribution is -2.12. The molecule has 4 aliphatic heterocycles. The first-order chi connectivity index (χ1) is 13.7. The molecule has 28 heavy (non-hydrogen) atoms. The summed E-state index contributed by atoms with van der Waals surface area (Å²) in [6.07, 6.45) is 14.7. The zero-order valence-corrected chi connectivity index (χ0v) is 15.2. The molecule has 1 aliphatic carbocycles. The highest BCUT2D eigenvalue weighted by Gasteiger charge is 2.36. The van der Waals surface area contributed by atoms with Crippen LogP contribution in [0.25, 0.3) is 34.9 Å². The molecule has 0 saturated carbocycles. The van der Waals surface area contributed by atoms with Gasteiger partial charge in [0, 0.05) is 16.3 Å². The van der Waals surface area contributed by atoms with Gasteiger partial charge in [0.1, 0.15) is 5.75 Å². The minimum absolute atomic E-state index is 0.345. The Labute approximate surface area is 160 Å². The first-order valence-electron chi connectivity index (χ1n) is 9.34. The summed E-state index contributed by atoms with van der Waals surface area (Å²) in [4.78, 5) is 17.6. The molecular formula is C23H16N4O. The standard InChI is InChI=1S/C23H16N4O/c1-2-17-18-8-7-15(26-18)10-14-4-3-12(24-14)9-13-5-6-16(25-13)11-19-20-21(23(20)28)22(17)27-19/h3-11,24H,2H2,1H3,(H,27,28). The Balaban J connectivity index is 1.64. The molecule has 0 radical (unpaired) electrons. The molecule has 6 rings (SSSR count). The van der Waals surface area contributed by atoms with Crippen LogP contribution in [0.15, 0.2) is 57.8 Å². The van der Waals surface area contributed by atoms with Crippen molar-refractivity contribution in [3.05, 3.63) is 69.9 Å². The number of aliphatic imine (C=N–C) groups is 2. The lowest BCUT2D eigenvalue weighted by atomic mass is 10.1. The molecule has 0 aromatic carbocycles. The molecule has 0 spiro atoms. The molecule has 5 heteroatoms. The van der Waals surface area contributed by atoms with Gasteiger partial charge in [-0.25, -0.2) is 15.0 Å². The monoisotopic (exact) mass is 364 g/mol. The second-order valence-electron chi connectivity index (χ2n) is 7.13. The summed E-state index contributed by atoms with van der Waals surface area (Å²) in [5.74, 6) is 0.345. The Kier molecular flexibility index (Phi) is 2.95. The molecule has 134 valence electrons. The Morgan fingerprint density at radius 2 is 1.64 bits per heavy atom.